The Balaban J connectivity index is 0.000000589. The van der Waals surface area contributed by atoms with Gasteiger partial charge in [-0.05, 0) is 12.1 Å². The van der Waals surface area contributed by atoms with Crippen molar-refractivity contribution < 1.29 is 19.5 Å². The number of aromatic nitrogens is 4. The molecule has 4 rings (SSSR count). The maximum Gasteiger partial charge on any atom is 0.300 e. The first-order chi connectivity index (χ1) is 14.3. The summed E-state index contributed by atoms with van der Waals surface area (Å²) in [4.78, 5) is 43.8. The highest BCUT2D eigenvalue weighted by Gasteiger charge is 2.36. The van der Waals surface area contributed by atoms with Gasteiger partial charge in [0.15, 0.2) is 5.13 Å². The number of rotatable bonds is 5. The third-order valence-corrected chi connectivity index (χ3v) is 5.28. The average Bonchev–Trinajstić information content (AvgIpc) is 3.39. The summed E-state index contributed by atoms with van der Waals surface area (Å²) in [6, 6.07) is 7.73. The van der Waals surface area contributed by atoms with Crippen LogP contribution in [0.4, 0.5) is 11.1 Å². The highest BCUT2D eigenvalue weighted by atomic mass is 32.1. The van der Waals surface area contributed by atoms with Crippen LogP contribution in [-0.4, -0.2) is 56.1 Å². The number of nitrogens with one attached hydrogen (secondary N) is 2. The van der Waals surface area contributed by atoms with Crippen molar-refractivity contribution in [1.29, 1.82) is 0 Å². The molecule has 3 aromatic rings. The number of carbonyl (C=O) groups excluding carboxylic acids is 2. The van der Waals surface area contributed by atoms with E-state index >= 15 is 0 Å². The molecule has 1 fully saturated rings. The number of hydrogen-bond donors (Lipinski definition) is 4. The van der Waals surface area contributed by atoms with Crippen molar-refractivity contribution >= 4 is 50.4 Å². The van der Waals surface area contributed by atoms with Crippen molar-refractivity contribution in [2.45, 2.75) is 19.8 Å². The lowest BCUT2D eigenvalue weighted by molar-refractivity contribution is -0.134. The Bertz CT molecular complexity index is 1030. The monoisotopic (exact) mass is 431 g/mol. The van der Waals surface area contributed by atoms with Gasteiger partial charge in [-0.15, -0.1) is 5.10 Å². The van der Waals surface area contributed by atoms with Crippen LogP contribution in [0.2, 0.25) is 0 Å². The second-order valence-electron chi connectivity index (χ2n) is 6.57. The third-order valence-electron chi connectivity index (χ3n) is 4.22. The Kier molecular flexibility index (Phi) is 6.57. The van der Waals surface area contributed by atoms with Crippen molar-refractivity contribution in [3.63, 3.8) is 0 Å². The smallest absolute Gasteiger partial charge is 0.300 e. The molecule has 2 amide bonds. The predicted molar refractivity (Wildman–Crippen MR) is 111 cm³/mol. The first-order valence-corrected chi connectivity index (χ1v) is 9.95. The molecule has 1 aliphatic heterocycles. The van der Waals surface area contributed by atoms with E-state index in [1.165, 1.54) is 11.3 Å². The number of carboxylic acid groups (broad SMARTS) is 1. The van der Waals surface area contributed by atoms with Crippen LogP contribution >= 0.6 is 11.3 Å². The van der Waals surface area contributed by atoms with Crippen molar-refractivity contribution in [3.8, 4) is 0 Å². The van der Waals surface area contributed by atoms with E-state index in [0.29, 0.717) is 30.5 Å². The summed E-state index contributed by atoms with van der Waals surface area (Å²) in [6.45, 7) is 1.83. The fourth-order valence-electron chi connectivity index (χ4n) is 2.91. The normalized spacial score (nSPS) is 15.7. The van der Waals surface area contributed by atoms with E-state index < -0.39 is 5.97 Å². The molecule has 158 valence electrons. The molecular weight excluding hydrogens is 410 g/mol. The van der Waals surface area contributed by atoms with Gasteiger partial charge in [0.25, 0.3) is 5.97 Å². The zero-order valence-corrected chi connectivity index (χ0v) is 17.0. The summed E-state index contributed by atoms with van der Waals surface area (Å²) in [5.41, 5.74) is 6.30. The molecule has 1 saturated heterocycles. The minimum absolute atomic E-state index is 0.0767. The van der Waals surface area contributed by atoms with Gasteiger partial charge in [-0.25, -0.2) is 4.98 Å². The van der Waals surface area contributed by atoms with Crippen LogP contribution in [-0.2, 0) is 20.8 Å². The molecule has 0 saturated carbocycles. The van der Waals surface area contributed by atoms with E-state index in [1.54, 1.807) is 4.90 Å². The predicted octanol–water partition coefficient (Wildman–Crippen LogP) is 0.799. The van der Waals surface area contributed by atoms with Crippen LogP contribution in [0.25, 0.3) is 10.2 Å². The van der Waals surface area contributed by atoms with E-state index in [4.69, 9.17) is 15.6 Å². The van der Waals surface area contributed by atoms with E-state index in [1.807, 2.05) is 24.3 Å². The number of carbonyl (C=O) groups is 3. The SMILES string of the molecule is CC(=O)O.Nc1n[nH]c(CCNC(=O)C2CC(=O)N(c3nc4ccccc4s3)C2)n1. The molecule has 1 aromatic carbocycles. The largest absolute Gasteiger partial charge is 0.481 e. The first-order valence-electron chi connectivity index (χ1n) is 9.13. The van der Waals surface area contributed by atoms with Crippen molar-refractivity contribution in [3.05, 3.63) is 30.1 Å². The summed E-state index contributed by atoms with van der Waals surface area (Å²) in [6.07, 6.45) is 0.690. The first kappa shape index (κ1) is 21.2. The second kappa shape index (κ2) is 9.31. The maximum atomic E-state index is 12.4. The Morgan fingerprint density at radius 1 is 1.37 bits per heavy atom. The minimum Gasteiger partial charge on any atom is -0.481 e. The van der Waals surface area contributed by atoms with Gasteiger partial charge < -0.3 is 16.2 Å². The highest BCUT2D eigenvalue weighted by Crippen LogP contribution is 2.32. The quantitative estimate of drug-likeness (QED) is 0.460. The molecule has 0 bridgehead atoms. The van der Waals surface area contributed by atoms with Crippen LogP contribution in [0.15, 0.2) is 24.3 Å². The number of H-pyrrole nitrogens is 1. The highest BCUT2D eigenvalue weighted by molar-refractivity contribution is 7.22. The number of aromatic amines is 1. The summed E-state index contributed by atoms with van der Waals surface area (Å²) in [7, 11) is 0. The molecule has 1 aliphatic rings. The molecule has 11 nitrogen and oxygen atoms in total. The Hall–Kier alpha value is -3.54. The Morgan fingerprint density at radius 2 is 2.10 bits per heavy atom. The standard InChI is InChI=1S/C16H17N7O2S.C2H4O2/c17-15-20-12(21-22-15)5-6-18-14(25)9-7-13(24)23(8-9)16-19-10-3-1-2-4-11(10)26-16;1-2(3)4/h1-4,9H,5-8H2,(H,18,25)(H3,17,20,21,22);1H3,(H,3,4). The van der Waals surface area contributed by atoms with E-state index in [-0.39, 0.29) is 30.1 Å². The molecule has 0 spiro atoms. The summed E-state index contributed by atoms with van der Waals surface area (Å²) in [5, 5.41) is 17.3. The number of carboxylic acids is 1. The lowest BCUT2D eigenvalue weighted by Gasteiger charge is -2.13. The molecule has 1 atom stereocenters. The van der Waals surface area contributed by atoms with Gasteiger partial charge in [-0.3, -0.25) is 24.4 Å². The number of fused-ring (bicyclic) bond motifs is 1. The number of anilines is 2. The molecule has 12 heteroatoms. The van der Waals surface area contributed by atoms with E-state index in [9.17, 15) is 9.59 Å². The lowest BCUT2D eigenvalue weighted by Crippen LogP contribution is -2.34. The number of para-hydroxylation sites is 1. The number of benzene rings is 1. The van der Waals surface area contributed by atoms with Gasteiger partial charge >= 0.3 is 0 Å². The van der Waals surface area contributed by atoms with Crippen LogP contribution in [0, 0.1) is 5.92 Å². The summed E-state index contributed by atoms with van der Waals surface area (Å²) in [5.74, 6) is -0.642. The Morgan fingerprint density at radius 3 is 2.77 bits per heavy atom. The van der Waals surface area contributed by atoms with Gasteiger partial charge in [0.1, 0.15) is 5.82 Å². The minimum atomic E-state index is -0.833. The zero-order valence-electron chi connectivity index (χ0n) is 16.2. The number of amides is 2. The van der Waals surface area contributed by atoms with Crippen molar-refractivity contribution in [2.24, 2.45) is 5.92 Å². The number of nitrogens with two attached hydrogens (primary N) is 1. The van der Waals surface area contributed by atoms with Gasteiger partial charge in [0, 0.05) is 32.9 Å². The number of thiazole rings is 1. The van der Waals surface area contributed by atoms with Gasteiger partial charge in [-0.1, -0.05) is 23.5 Å². The summed E-state index contributed by atoms with van der Waals surface area (Å²) < 4.78 is 1.02. The van der Waals surface area contributed by atoms with Gasteiger partial charge in [0.05, 0.1) is 16.1 Å². The number of nitrogen functional groups attached to an aromatic ring is 1. The van der Waals surface area contributed by atoms with Crippen LogP contribution in [0.1, 0.15) is 19.2 Å². The molecule has 3 heterocycles. The number of nitrogens with zero attached hydrogens (tertiary/aromatic N) is 4. The van der Waals surface area contributed by atoms with Gasteiger partial charge in [0.2, 0.25) is 17.8 Å². The lowest BCUT2D eigenvalue weighted by atomic mass is 10.1. The molecule has 1 unspecified atom stereocenters. The van der Waals surface area contributed by atoms with E-state index in [2.05, 4.69) is 25.5 Å². The number of aliphatic carboxylic acids is 1. The zero-order chi connectivity index (χ0) is 21.7. The third kappa shape index (κ3) is 5.29. The van der Waals surface area contributed by atoms with Crippen LogP contribution in [0.3, 0.4) is 0 Å². The van der Waals surface area contributed by atoms with Crippen LogP contribution < -0.4 is 16.0 Å². The topological polar surface area (TPSA) is 167 Å². The second-order valence-corrected chi connectivity index (χ2v) is 7.58. The van der Waals surface area contributed by atoms with Crippen molar-refractivity contribution in [1.82, 2.24) is 25.5 Å². The fraction of sp³-hybridized carbons (Fsp3) is 0.333. The van der Waals surface area contributed by atoms with E-state index in [0.717, 1.165) is 17.1 Å². The average molecular weight is 431 g/mol. The summed E-state index contributed by atoms with van der Waals surface area (Å²) >= 11 is 1.46. The number of hydrogen-bond acceptors (Lipinski definition) is 8. The van der Waals surface area contributed by atoms with Crippen LogP contribution in [0.5, 0.6) is 0 Å². The molecular formula is C18H21N7O4S. The maximum absolute atomic E-state index is 12.4. The molecule has 5 N–H and O–H groups in total. The molecule has 30 heavy (non-hydrogen) atoms. The fourth-order valence-corrected chi connectivity index (χ4v) is 3.91. The molecule has 0 aliphatic carbocycles. The molecule has 2 aromatic heterocycles. The molecule has 0 radical (unpaired) electrons. The van der Waals surface area contributed by atoms with Gasteiger partial charge in [-0.2, -0.15) is 4.98 Å². The van der Waals surface area contributed by atoms with Crippen molar-refractivity contribution in [2.75, 3.05) is 23.7 Å². The Labute approximate surface area is 175 Å².